The van der Waals surface area contributed by atoms with Crippen LogP contribution in [0.5, 0.6) is 0 Å². The Labute approximate surface area is 347 Å². The molecule has 0 atom stereocenters. The molecule has 0 bridgehead atoms. The Balaban J connectivity index is 2.16. The van der Waals surface area contributed by atoms with Crippen LogP contribution in [-0.4, -0.2) is 178 Å². The van der Waals surface area contributed by atoms with Crippen LogP contribution in [0.25, 0.3) is 21.8 Å². The fourth-order valence-electron chi connectivity index (χ4n) is 10.3. The van der Waals surface area contributed by atoms with Crippen LogP contribution in [0.3, 0.4) is 0 Å². The van der Waals surface area contributed by atoms with Crippen molar-refractivity contribution >= 4 is 325 Å². The normalized spacial score (nSPS) is 12.1. The molecule has 1 aromatic heterocycles. The van der Waals surface area contributed by atoms with Crippen LogP contribution in [0.4, 0.5) is 0 Å². The first-order valence-electron chi connectivity index (χ1n) is 20.1. The van der Waals surface area contributed by atoms with E-state index in [-0.39, 0.29) is 0 Å². The van der Waals surface area contributed by atoms with Crippen LogP contribution in [0, 0.1) is 0 Å². The predicted molar refractivity (Wildman–Crippen MR) is 316 cm³/mol. The number of benzene rings is 5. The zero-order chi connectivity index (χ0) is 40.5. The van der Waals surface area contributed by atoms with Gasteiger partial charge in [0.1, 0.15) is 173 Å². The molecule has 1 nitrogen and oxygen atoms in total. The van der Waals surface area contributed by atoms with Gasteiger partial charge in [0.2, 0.25) is 0 Å². The van der Waals surface area contributed by atoms with Crippen molar-refractivity contribution < 1.29 is 0 Å². The van der Waals surface area contributed by atoms with Gasteiger partial charge in [0.25, 0.3) is 0 Å². The second-order valence-electron chi connectivity index (χ2n) is 17.3. The van der Waals surface area contributed by atoms with Crippen molar-refractivity contribution in [3.63, 3.8) is 0 Å². The average molecular weight is 690 g/mol. The van der Waals surface area contributed by atoms with Gasteiger partial charge in [-0.05, 0) is 25.0 Å². The van der Waals surface area contributed by atoms with E-state index in [2.05, 4.69) is 178 Å². The molecule has 0 aliphatic carbocycles. The Morgan fingerprint density at radius 1 is 0.204 bits per heavy atom. The summed E-state index contributed by atoms with van der Waals surface area (Å²) >= 11 is 0. The molecule has 0 saturated heterocycles. The molecular formula is C30H45B22NS. The van der Waals surface area contributed by atoms with Crippen molar-refractivity contribution in [2.45, 2.75) is 19.6 Å². The van der Waals surface area contributed by atoms with Gasteiger partial charge >= 0.3 is 0 Å². The molecule has 5 aromatic carbocycles. The predicted octanol–water partition coefficient (Wildman–Crippen LogP) is -29.7. The van der Waals surface area contributed by atoms with Crippen LogP contribution in [0.15, 0.2) is 19.6 Å². The van der Waals surface area contributed by atoms with E-state index in [1.807, 2.05) is 0 Å². The van der Waals surface area contributed by atoms with Crippen molar-refractivity contribution in [1.29, 1.82) is 0 Å². The molecule has 6 rings (SSSR count). The highest BCUT2D eigenvalue weighted by molar-refractivity contribution is 8.35. The lowest BCUT2D eigenvalue weighted by Crippen LogP contribution is -2.61. The summed E-state index contributed by atoms with van der Waals surface area (Å²) in [6, 6.07) is 0. The third-order valence-electron chi connectivity index (χ3n) is 15.4. The molecule has 0 saturated carbocycles. The SMILES string of the molecule is Bc1c(B)c(B)c(S(c2c(B)c(B)c(B)c(B)c2B)(c2c(B)c(B)c(B)c(B)c2B)c2c(B)c(B)c3[nH]c4c(B)c(B)c(B)c(B)c4c3c2B)c(B)c1B. The molecular weight excluding hydrogens is 644 g/mol. The molecule has 54 heavy (non-hydrogen) atoms. The number of fused-ring (bicyclic) bond motifs is 3. The molecule has 0 spiro atoms. The van der Waals surface area contributed by atoms with Crippen molar-refractivity contribution in [3.05, 3.63) is 0 Å². The maximum atomic E-state index is 4.06. The first kappa shape index (κ1) is 41.3. The molecule has 0 aliphatic rings. The largest absolute Gasteiger partial charge is 0.356 e. The zero-order valence-corrected chi connectivity index (χ0v) is 38.7. The third-order valence-corrected chi connectivity index (χ3v) is 20.3. The standard InChI is InChI=1S/C30H45B22NS/c31-3-1-2-4(32)27(24(52)17(45)26(2)53-25(1)16(44)9(37)5(3)33)54(28-18(46)10(38)6(34)11(39)19(28)47,29-20(48)12(40)7(35)13(41)21(29)49)30-22(50)14(42)8(36)15(43)23(30)51/h53H,31-52H2. The number of rotatable bonds is 4. The Kier molecular flexibility index (Phi) is 10.7. The van der Waals surface area contributed by atoms with Crippen molar-refractivity contribution in [2.24, 2.45) is 0 Å². The van der Waals surface area contributed by atoms with E-state index in [4.69, 9.17) is 0 Å². The maximum absolute atomic E-state index is 4.06. The quantitative estimate of drug-likeness (QED) is 0.177. The lowest BCUT2D eigenvalue weighted by atomic mass is 9.62. The Bertz CT molecular complexity index is 2450. The lowest BCUT2D eigenvalue weighted by molar-refractivity contribution is 1.39. The van der Waals surface area contributed by atoms with Gasteiger partial charge in [-0.2, -0.15) is 0 Å². The fourth-order valence-corrected chi connectivity index (χ4v) is 16.4. The van der Waals surface area contributed by atoms with Crippen molar-refractivity contribution in [1.82, 2.24) is 4.98 Å². The van der Waals surface area contributed by atoms with Crippen LogP contribution in [0.1, 0.15) is 0 Å². The number of H-pyrrole nitrogens is 1. The summed E-state index contributed by atoms with van der Waals surface area (Å²) in [5.41, 5.74) is 33.9. The van der Waals surface area contributed by atoms with E-state index in [1.54, 1.807) is 19.6 Å². The first-order valence-corrected chi connectivity index (χ1v) is 21.7. The van der Waals surface area contributed by atoms with E-state index >= 15 is 0 Å². The van der Waals surface area contributed by atoms with E-state index in [0.717, 1.165) is 0 Å². The Hall–Kier alpha value is -2.32. The molecule has 6 aromatic rings. The van der Waals surface area contributed by atoms with Crippen LogP contribution < -0.4 is 120 Å². The molecule has 242 valence electrons. The number of hydrogen-bond acceptors (Lipinski definition) is 0. The summed E-state index contributed by atoms with van der Waals surface area (Å²) in [5.74, 6) is 0. The van der Waals surface area contributed by atoms with Gasteiger partial charge in [-0.3, -0.25) is 0 Å². The molecule has 0 fully saturated rings. The van der Waals surface area contributed by atoms with Crippen LogP contribution >= 0.6 is 10.0 Å². The van der Waals surface area contributed by atoms with Gasteiger partial charge < -0.3 is 4.98 Å². The Morgan fingerprint density at radius 2 is 0.389 bits per heavy atom. The summed E-state index contributed by atoms with van der Waals surface area (Å²) < 4.78 is 0. The topological polar surface area (TPSA) is 15.8 Å². The molecule has 0 radical (unpaired) electrons. The summed E-state index contributed by atoms with van der Waals surface area (Å²) in [5, 5.41) is 2.81. The van der Waals surface area contributed by atoms with Gasteiger partial charge in [0, 0.05) is 16.4 Å². The zero-order valence-electron chi connectivity index (χ0n) is 37.9. The summed E-state index contributed by atoms with van der Waals surface area (Å²) in [4.78, 5) is 10.3. The third kappa shape index (κ3) is 5.25. The molecule has 1 heterocycles. The molecule has 0 amide bonds. The molecule has 0 aliphatic heterocycles. The van der Waals surface area contributed by atoms with Gasteiger partial charge in [0.05, 0.1) is 0 Å². The van der Waals surface area contributed by atoms with E-state index in [1.165, 1.54) is 142 Å². The minimum atomic E-state index is -2.16. The van der Waals surface area contributed by atoms with Crippen LogP contribution in [0.2, 0.25) is 0 Å². The monoisotopic (exact) mass is 694 g/mol. The van der Waals surface area contributed by atoms with Gasteiger partial charge in [-0.1, -0.05) is 65.6 Å². The van der Waals surface area contributed by atoms with E-state index < -0.39 is 10.0 Å². The summed E-state index contributed by atoms with van der Waals surface area (Å²) in [7, 11) is 50.5. The van der Waals surface area contributed by atoms with Gasteiger partial charge in [-0.15, -0.1) is 64.7 Å². The number of hydrogen-bond donors (Lipinski definition) is 1. The van der Waals surface area contributed by atoms with E-state index in [9.17, 15) is 0 Å². The summed E-state index contributed by atoms with van der Waals surface area (Å²) in [6.07, 6.45) is 0. The highest BCUT2D eigenvalue weighted by atomic mass is 32.3. The van der Waals surface area contributed by atoms with Gasteiger partial charge in [-0.25, -0.2) is 0 Å². The highest BCUT2D eigenvalue weighted by Crippen LogP contribution is 2.69. The minimum Gasteiger partial charge on any atom is -0.356 e. The molecule has 1 N–H and O–H groups in total. The molecule has 0 unspecified atom stereocenters. The number of nitrogens with one attached hydrogen (secondary N) is 1. The van der Waals surface area contributed by atoms with Crippen molar-refractivity contribution in [2.75, 3.05) is 0 Å². The smallest absolute Gasteiger partial charge is 0.141 e. The number of aromatic nitrogens is 1. The first-order chi connectivity index (χ1) is 25.0. The van der Waals surface area contributed by atoms with Gasteiger partial charge in [0.15, 0.2) is 0 Å². The molecule has 24 heteroatoms. The maximum Gasteiger partial charge on any atom is 0.141 e. The fraction of sp³-hybridized carbons (Fsp3) is 0. The average Bonchev–Trinajstić information content (AvgIpc) is 3.55. The van der Waals surface area contributed by atoms with Crippen LogP contribution in [-0.2, 0) is 0 Å². The second kappa shape index (κ2) is 14.0. The lowest BCUT2D eigenvalue weighted by Gasteiger charge is -2.52. The van der Waals surface area contributed by atoms with Crippen molar-refractivity contribution in [3.8, 4) is 0 Å². The summed E-state index contributed by atoms with van der Waals surface area (Å²) in [6.45, 7) is 0. The van der Waals surface area contributed by atoms with E-state index in [0.29, 0.717) is 0 Å². The second-order valence-corrected chi connectivity index (χ2v) is 20.2. The highest BCUT2D eigenvalue weighted by Gasteiger charge is 2.43. The Morgan fingerprint density at radius 3 is 0.704 bits per heavy atom. The minimum absolute atomic E-state index is 1.30. The number of aromatic amines is 1.